The number of rotatable bonds is 4. The number of nitrogens with zero attached hydrogens (tertiary/aromatic N) is 1. The predicted octanol–water partition coefficient (Wildman–Crippen LogP) is 2.95. The number of piperazine rings is 1. The molecule has 29 heavy (non-hydrogen) atoms. The van der Waals surface area contributed by atoms with Crippen LogP contribution in [0.4, 0.5) is 20.2 Å². The predicted molar refractivity (Wildman–Crippen MR) is 107 cm³/mol. The summed E-state index contributed by atoms with van der Waals surface area (Å²) in [7, 11) is -4.02. The smallest absolute Gasteiger partial charge is 0.395 e. The topological polar surface area (TPSA) is 79.9 Å². The van der Waals surface area contributed by atoms with E-state index in [2.05, 4.69) is 24.4 Å². The van der Waals surface area contributed by atoms with Crippen molar-refractivity contribution in [1.29, 1.82) is 0 Å². The Morgan fingerprint density at radius 2 is 1.86 bits per heavy atom. The standard InChI is InChI=1S/C18H19F2N3O4S.ClH/c1-12-5-6-13(11-15(12)23-9-7-21-8-10-23)28(24,25)22-14-3-2-4-16-17(14)27-18(19,20)26-16;/h2-6,11,21-22H,7-10H2,1H3;1H. The van der Waals surface area contributed by atoms with Crippen molar-refractivity contribution in [3.8, 4) is 11.5 Å². The van der Waals surface area contributed by atoms with E-state index in [1.54, 1.807) is 12.1 Å². The summed E-state index contributed by atoms with van der Waals surface area (Å²) in [5, 5.41) is 3.25. The number of ether oxygens (including phenoxy) is 2. The highest BCUT2D eigenvalue weighted by molar-refractivity contribution is 7.92. The number of hydrogen-bond donors (Lipinski definition) is 2. The molecule has 11 heteroatoms. The number of hydrogen-bond acceptors (Lipinski definition) is 6. The Bertz CT molecular complexity index is 1010. The third-order valence-corrected chi connectivity index (χ3v) is 5.98. The zero-order valence-electron chi connectivity index (χ0n) is 15.4. The van der Waals surface area contributed by atoms with Crippen LogP contribution in [0.25, 0.3) is 0 Å². The summed E-state index contributed by atoms with van der Waals surface area (Å²) < 4.78 is 63.6. The van der Waals surface area contributed by atoms with Gasteiger partial charge < -0.3 is 19.7 Å². The summed E-state index contributed by atoms with van der Waals surface area (Å²) in [4.78, 5) is 2.15. The van der Waals surface area contributed by atoms with Crippen LogP contribution in [0, 0.1) is 6.92 Å². The summed E-state index contributed by atoms with van der Waals surface area (Å²) in [6.45, 7) is 5.08. The second-order valence-electron chi connectivity index (χ2n) is 6.59. The van der Waals surface area contributed by atoms with Crippen molar-refractivity contribution >= 4 is 33.8 Å². The Labute approximate surface area is 173 Å². The van der Waals surface area contributed by atoms with Crippen LogP contribution in [-0.2, 0) is 10.0 Å². The lowest BCUT2D eigenvalue weighted by atomic mass is 10.1. The Morgan fingerprint density at radius 3 is 2.59 bits per heavy atom. The first-order chi connectivity index (χ1) is 13.3. The van der Waals surface area contributed by atoms with Gasteiger partial charge in [0.05, 0.1) is 10.6 Å². The zero-order valence-corrected chi connectivity index (χ0v) is 17.1. The summed E-state index contributed by atoms with van der Waals surface area (Å²) in [6, 6.07) is 8.84. The number of anilines is 2. The Balaban J connectivity index is 0.00000240. The van der Waals surface area contributed by atoms with Crippen LogP contribution in [0.15, 0.2) is 41.3 Å². The average molecular weight is 448 g/mol. The lowest BCUT2D eigenvalue weighted by Crippen LogP contribution is -2.43. The molecule has 0 spiro atoms. The van der Waals surface area contributed by atoms with Gasteiger partial charge in [0.1, 0.15) is 0 Å². The molecule has 0 radical (unpaired) electrons. The minimum atomic E-state index is -4.02. The lowest BCUT2D eigenvalue weighted by Gasteiger charge is -2.31. The highest BCUT2D eigenvalue weighted by Gasteiger charge is 2.45. The molecule has 0 bridgehead atoms. The summed E-state index contributed by atoms with van der Waals surface area (Å²) in [5.74, 6) is -0.568. The molecular formula is C18H20ClF2N3O4S. The van der Waals surface area contributed by atoms with Gasteiger partial charge >= 0.3 is 6.29 Å². The third-order valence-electron chi connectivity index (χ3n) is 4.62. The molecule has 0 amide bonds. The van der Waals surface area contributed by atoms with E-state index in [1.165, 1.54) is 24.3 Å². The van der Waals surface area contributed by atoms with Crippen LogP contribution in [0.5, 0.6) is 11.5 Å². The highest BCUT2D eigenvalue weighted by atomic mass is 35.5. The second kappa shape index (κ2) is 7.85. The van der Waals surface area contributed by atoms with Crippen molar-refractivity contribution in [3.05, 3.63) is 42.0 Å². The molecule has 0 aliphatic carbocycles. The monoisotopic (exact) mass is 447 g/mol. The third kappa shape index (κ3) is 4.34. The number of halogens is 3. The maximum absolute atomic E-state index is 13.3. The number of aryl methyl sites for hydroxylation is 1. The van der Waals surface area contributed by atoms with Gasteiger partial charge in [-0.25, -0.2) is 8.42 Å². The van der Waals surface area contributed by atoms with Crippen LogP contribution in [0.3, 0.4) is 0 Å². The molecule has 0 saturated carbocycles. The summed E-state index contributed by atoms with van der Waals surface area (Å²) in [5.41, 5.74) is 1.67. The van der Waals surface area contributed by atoms with E-state index in [-0.39, 0.29) is 34.5 Å². The van der Waals surface area contributed by atoms with Gasteiger partial charge in [0.15, 0.2) is 11.5 Å². The first-order valence-corrected chi connectivity index (χ1v) is 10.2. The van der Waals surface area contributed by atoms with Crippen molar-refractivity contribution in [3.63, 3.8) is 0 Å². The first kappa shape index (κ1) is 21.4. The maximum Gasteiger partial charge on any atom is 0.586 e. The second-order valence-corrected chi connectivity index (χ2v) is 8.27. The molecule has 2 heterocycles. The Hall–Kier alpha value is -2.30. The Morgan fingerprint density at radius 1 is 1.14 bits per heavy atom. The number of para-hydroxylation sites is 1. The van der Waals surface area contributed by atoms with E-state index in [1.807, 2.05) is 6.92 Å². The average Bonchev–Trinajstić information content (AvgIpc) is 2.97. The summed E-state index contributed by atoms with van der Waals surface area (Å²) >= 11 is 0. The van der Waals surface area contributed by atoms with Gasteiger partial charge in [-0.15, -0.1) is 21.2 Å². The SMILES string of the molecule is Cc1ccc(S(=O)(=O)Nc2cccc3c2OC(F)(F)O3)cc1N1CCNCC1.Cl. The largest absolute Gasteiger partial charge is 0.586 e. The molecule has 2 aromatic rings. The zero-order chi connectivity index (χ0) is 19.9. The molecule has 1 fully saturated rings. The number of sulfonamides is 1. The molecular weight excluding hydrogens is 428 g/mol. The van der Waals surface area contributed by atoms with Crippen LogP contribution >= 0.6 is 12.4 Å². The fourth-order valence-corrected chi connectivity index (χ4v) is 4.34. The fourth-order valence-electron chi connectivity index (χ4n) is 3.26. The summed E-state index contributed by atoms with van der Waals surface area (Å²) in [6.07, 6.45) is -3.83. The first-order valence-electron chi connectivity index (χ1n) is 8.73. The molecule has 158 valence electrons. The molecule has 0 unspecified atom stereocenters. The van der Waals surface area contributed by atoms with Gasteiger partial charge in [-0.2, -0.15) is 0 Å². The lowest BCUT2D eigenvalue weighted by molar-refractivity contribution is -0.286. The molecule has 2 aliphatic heterocycles. The number of nitrogens with one attached hydrogen (secondary N) is 2. The molecule has 4 rings (SSSR count). The van der Waals surface area contributed by atoms with Crippen molar-refractivity contribution < 1.29 is 26.7 Å². The van der Waals surface area contributed by atoms with E-state index < -0.39 is 16.3 Å². The van der Waals surface area contributed by atoms with Gasteiger partial charge in [-0.3, -0.25) is 4.72 Å². The minimum Gasteiger partial charge on any atom is -0.395 e. The van der Waals surface area contributed by atoms with Crippen LogP contribution in [0.1, 0.15) is 5.56 Å². The van der Waals surface area contributed by atoms with Crippen LogP contribution in [0.2, 0.25) is 0 Å². The number of benzene rings is 2. The minimum absolute atomic E-state index is 0. The number of alkyl halides is 2. The normalized spacial score (nSPS) is 17.6. The molecule has 7 nitrogen and oxygen atoms in total. The van der Waals surface area contributed by atoms with Crippen LogP contribution in [-0.4, -0.2) is 40.9 Å². The van der Waals surface area contributed by atoms with Crippen molar-refractivity contribution in [1.82, 2.24) is 5.32 Å². The van der Waals surface area contributed by atoms with Gasteiger partial charge in [-0.05, 0) is 36.8 Å². The van der Waals surface area contributed by atoms with Crippen molar-refractivity contribution in [2.75, 3.05) is 35.8 Å². The van der Waals surface area contributed by atoms with Crippen LogP contribution < -0.4 is 24.4 Å². The van der Waals surface area contributed by atoms with E-state index in [0.717, 1.165) is 37.4 Å². The molecule has 0 atom stereocenters. The Kier molecular flexibility index (Phi) is 5.79. The molecule has 0 aromatic heterocycles. The molecule has 1 saturated heterocycles. The quantitative estimate of drug-likeness (QED) is 0.750. The van der Waals surface area contributed by atoms with Crippen molar-refractivity contribution in [2.45, 2.75) is 18.1 Å². The van der Waals surface area contributed by atoms with E-state index >= 15 is 0 Å². The van der Waals surface area contributed by atoms with Gasteiger partial charge in [-0.1, -0.05) is 12.1 Å². The fraction of sp³-hybridized carbons (Fsp3) is 0.333. The van der Waals surface area contributed by atoms with Gasteiger partial charge in [0.25, 0.3) is 10.0 Å². The van der Waals surface area contributed by atoms with E-state index in [0.29, 0.717) is 0 Å². The van der Waals surface area contributed by atoms with Crippen molar-refractivity contribution in [2.24, 2.45) is 0 Å². The molecule has 2 aliphatic rings. The van der Waals surface area contributed by atoms with Gasteiger partial charge in [0, 0.05) is 31.9 Å². The van der Waals surface area contributed by atoms with Gasteiger partial charge in [0.2, 0.25) is 0 Å². The highest BCUT2D eigenvalue weighted by Crippen LogP contribution is 2.46. The molecule has 2 aromatic carbocycles. The molecule has 2 N–H and O–H groups in total. The van der Waals surface area contributed by atoms with E-state index in [9.17, 15) is 17.2 Å². The maximum atomic E-state index is 13.3. The van der Waals surface area contributed by atoms with E-state index in [4.69, 9.17) is 0 Å². The number of fused-ring (bicyclic) bond motifs is 1.